The molecule has 0 aromatic carbocycles. The largest absolute Gasteiger partial charge is 0.360 e. The maximum absolute atomic E-state index is 13.0. The average molecular weight is 485 g/mol. The SMILES string of the molecule is COC1NN(c2cncc(Br)c2)C=C1C(=O)Nc1cccc(-c2nncn2C(C)C)n1. The van der Waals surface area contributed by atoms with Gasteiger partial charge in [0.1, 0.15) is 17.8 Å². The molecular weight excluding hydrogens is 464 g/mol. The van der Waals surface area contributed by atoms with Gasteiger partial charge >= 0.3 is 0 Å². The van der Waals surface area contributed by atoms with Gasteiger partial charge in [0.05, 0.1) is 17.5 Å². The molecule has 1 atom stereocenters. The Morgan fingerprint density at radius 1 is 1.32 bits per heavy atom. The number of hydrogen-bond donors (Lipinski definition) is 2. The zero-order valence-electron chi connectivity index (χ0n) is 17.2. The zero-order chi connectivity index (χ0) is 22.0. The van der Waals surface area contributed by atoms with E-state index < -0.39 is 6.23 Å². The molecule has 1 unspecified atom stereocenters. The number of halogens is 1. The van der Waals surface area contributed by atoms with E-state index in [1.165, 1.54) is 7.11 Å². The first-order chi connectivity index (χ1) is 15.0. The number of nitrogens with one attached hydrogen (secondary N) is 2. The van der Waals surface area contributed by atoms with Crippen molar-refractivity contribution in [3.63, 3.8) is 0 Å². The maximum atomic E-state index is 13.0. The van der Waals surface area contributed by atoms with Gasteiger partial charge in [-0.3, -0.25) is 14.8 Å². The van der Waals surface area contributed by atoms with Gasteiger partial charge in [-0.2, -0.15) is 5.43 Å². The van der Waals surface area contributed by atoms with Crippen LogP contribution in [-0.4, -0.2) is 44.0 Å². The van der Waals surface area contributed by atoms with Gasteiger partial charge in [-0.25, -0.2) is 4.98 Å². The van der Waals surface area contributed by atoms with Gasteiger partial charge < -0.3 is 14.6 Å². The summed E-state index contributed by atoms with van der Waals surface area (Å²) in [4.78, 5) is 21.7. The van der Waals surface area contributed by atoms with Crippen LogP contribution in [0.4, 0.5) is 11.5 Å². The Morgan fingerprint density at radius 2 is 2.16 bits per heavy atom. The van der Waals surface area contributed by atoms with Crippen LogP contribution in [0.5, 0.6) is 0 Å². The van der Waals surface area contributed by atoms with Crippen LogP contribution >= 0.6 is 15.9 Å². The standard InChI is InChI=1S/C20H21BrN8O2/c1-12(2)28-11-23-26-18(28)16-5-4-6-17(24-16)25-19(30)15-10-29(27-20(15)31-3)14-7-13(21)8-22-9-14/h4-12,20,27H,1-3H3,(H,24,25,30). The van der Waals surface area contributed by atoms with Gasteiger partial charge in [-0.15, -0.1) is 10.2 Å². The Hall–Kier alpha value is -3.15. The van der Waals surface area contributed by atoms with Crippen molar-refractivity contribution < 1.29 is 9.53 Å². The van der Waals surface area contributed by atoms with Crippen molar-refractivity contribution in [2.75, 3.05) is 17.4 Å². The van der Waals surface area contributed by atoms with E-state index in [2.05, 4.69) is 46.8 Å². The van der Waals surface area contributed by atoms with E-state index in [0.717, 1.165) is 10.2 Å². The van der Waals surface area contributed by atoms with Crippen molar-refractivity contribution >= 4 is 33.3 Å². The summed E-state index contributed by atoms with van der Waals surface area (Å²) in [7, 11) is 1.53. The molecule has 31 heavy (non-hydrogen) atoms. The molecule has 160 valence electrons. The van der Waals surface area contributed by atoms with Crippen molar-refractivity contribution in [2.24, 2.45) is 0 Å². The lowest BCUT2D eigenvalue weighted by molar-refractivity contribution is -0.114. The average Bonchev–Trinajstić information content (AvgIpc) is 3.41. The quantitative estimate of drug-likeness (QED) is 0.549. The predicted octanol–water partition coefficient (Wildman–Crippen LogP) is 2.90. The second-order valence-corrected chi connectivity index (χ2v) is 7.99. The molecule has 1 aliphatic rings. The van der Waals surface area contributed by atoms with Gasteiger partial charge in [0.25, 0.3) is 5.91 Å². The number of carbonyl (C=O) groups excluding carboxylic acids is 1. The third kappa shape index (κ3) is 4.48. The van der Waals surface area contributed by atoms with Crippen molar-refractivity contribution in [3.05, 3.63) is 59.2 Å². The van der Waals surface area contributed by atoms with Crippen LogP contribution in [0.3, 0.4) is 0 Å². The molecule has 1 aliphatic heterocycles. The molecule has 0 aliphatic carbocycles. The summed E-state index contributed by atoms with van der Waals surface area (Å²) >= 11 is 3.40. The van der Waals surface area contributed by atoms with Gasteiger partial charge in [0, 0.05) is 30.0 Å². The lowest BCUT2D eigenvalue weighted by atomic mass is 10.2. The van der Waals surface area contributed by atoms with E-state index in [4.69, 9.17) is 4.74 Å². The molecule has 0 saturated carbocycles. The molecule has 1 amide bonds. The summed E-state index contributed by atoms with van der Waals surface area (Å²) in [5.41, 5.74) is 4.89. The fourth-order valence-corrected chi connectivity index (χ4v) is 3.45. The third-order valence-corrected chi connectivity index (χ3v) is 5.06. The molecule has 11 heteroatoms. The van der Waals surface area contributed by atoms with Crippen molar-refractivity contribution in [2.45, 2.75) is 26.1 Å². The highest BCUT2D eigenvalue weighted by Gasteiger charge is 2.30. The van der Waals surface area contributed by atoms with Crippen LogP contribution in [0.25, 0.3) is 11.5 Å². The van der Waals surface area contributed by atoms with Gasteiger partial charge in [0.15, 0.2) is 12.1 Å². The van der Waals surface area contributed by atoms with E-state index in [0.29, 0.717) is 22.9 Å². The molecule has 0 bridgehead atoms. The number of methoxy groups -OCH3 is 1. The number of hydrogen-bond acceptors (Lipinski definition) is 8. The normalized spacial score (nSPS) is 16.0. The molecule has 0 saturated heterocycles. The molecule has 0 spiro atoms. The summed E-state index contributed by atoms with van der Waals surface area (Å²) in [6, 6.07) is 7.42. The molecule has 4 rings (SSSR count). The number of anilines is 2. The summed E-state index contributed by atoms with van der Waals surface area (Å²) in [6.45, 7) is 4.07. The third-order valence-electron chi connectivity index (χ3n) is 4.62. The lowest BCUT2D eigenvalue weighted by Gasteiger charge is -2.19. The summed E-state index contributed by atoms with van der Waals surface area (Å²) < 4.78 is 8.17. The van der Waals surface area contributed by atoms with Crippen LogP contribution in [0, 0.1) is 0 Å². The molecule has 0 radical (unpaired) electrons. The van der Waals surface area contributed by atoms with Crippen molar-refractivity contribution in [1.82, 2.24) is 30.2 Å². The first-order valence-electron chi connectivity index (χ1n) is 9.55. The Labute approximate surface area is 187 Å². The molecule has 2 N–H and O–H groups in total. The number of carbonyl (C=O) groups is 1. The minimum Gasteiger partial charge on any atom is -0.360 e. The number of amides is 1. The van der Waals surface area contributed by atoms with Crippen LogP contribution in [0.1, 0.15) is 19.9 Å². The predicted molar refractivity (Wildman–Crippen MR) is 119 cm³/mol. The number of pyridine rings is 2. The number of aromatic nitrogens is 5. The fraction of sp³-hybridized carbons (Fsp3) is 0.250. The van der Waals surface area contributed by atoms with Crippen molar-refractivity contribution in [1.29, 1.82) is 0 Å². The smallest absolute Gasteiger partial charge is 0.258 e. The van der Waals surface area contributed by atoms with Crippen LogP contribution in [-0.2, 0) is 9.53 Å². The zero-order valence-corrected chi connectivity index (χ0v) is 18.7. The van der Waals surface area contributed by atoms with E-state index >= 15 is 0 Å². The maximum Gasteiger partial charge on any atom is 0.258 e. The topological polar surface area (TPSA) is 110 Å². The number of nitrogens with zero attached hydrogens (tertiary/aromatic N) is 6. The fourth-order valence-electron chi connectivity index (χ4n) is 3.10. The Morgan fingerprint density at radius 3 is 2.90 bits per heavy atom. The minimum absolute atomic E-state index is 0.181. The number of ether oxygens (including phenoxy) is 1. The van der Waals surface area contributed by atoms with Crippen molar-refractivity contribution in [3.8, 4) is 11.5 Å². The van der Waals surface area contributed by atoms with Crippen LogP contribution < -0.4 is 15.8 Å². The first-order valence-corrected chi connectivity index (χ1v) is 10.3. The van der Waals surface area contributed by atoms with E-state index in [-0.39, 0.29) is 11.9 Å². The lowest BCUT2D eigenvalue weighted by Crippen LogP contribution is -2.38. The highest BCUT2D eigenvalue weighted by atomic mass is 79.9. The van der Waals surface area contributed by atoms with Crippen LogP contribution in [0.2, 0.25) is 0 Å². The van der Waals surface area contributed by atoms with Gasteiger partial charge in [-0.1, -0.05) is 6.07 Å². The van der Waals surface area contributed by atoms with E-state index in [9.17, 15) is 4.79 Å². The minimum atomic E-state index is -0.619. The highest BCUT2D eigenvalue weighted by Crippen LogP contribution is 2.24. The second-order valence-electron chi connectivity index (χ2n) is 7.08. The monoisotopic (exact) mass is 484 g/mol. The molecule has 3 aromatic heterocycles. The number of hydrazine groups is 1. The summed E-state index contributed by atoms with van der Waals surface area (Å²) in [5, 5.41) is 12.7. The summed E-state index contributed by atoms with van der Waals surface area (Å²) in [6.07, 6.45) is 6.08. The Balaban J connectivity index is 1.56. The Bertz CT molecular complexity index is 1130. The molecule has 0 fully saturated rings. The van der Waals surface area contributed by atoms with E-state index in [1.54, 1.807) is 36.0 Å². The van der Waals surface area contributed by atoms with Crippen LogP contribution in [0.15, 0.2) is 59.2 Å². The van der Waals surface area contributed by atoms with Gasteiger partial charge in [-0.05, 0) is 48.0 Å². The molecular formula is C20H21BrN8O2. The number of rotatable bonds is 6. The molecule has 3 aromatic rings. The second kappa shape index (κ2) is 8.92. The molecule has 4 heterocycles. The van der Waals surface area contributed by atoms with Gasteiger partial charge in [0.2, 0.25) is 0 Å². The van der Waals surface area contributed by atoms with E-state index in [1.807, 2.05) is 36.6 Å². The highest BCUT2D eigenvalue weighted by molar-refractivity contribution is 9.10. The first kappa shape index (κ1) is 21.1. The molecule has 10 nitrogen and oxygen atoms in total. The Kier molecular flexibility index (Phi) is 6.07. The summed E-state index contributed by atoms with van der Waals surface area (Å²) in [5.74, 6) is 0.704.